The van der Waals surface area contributed by atoms with Crippen molar-refractivity contribution in [3.05, 3.63) is 12.2 Å². The highest BCUT2D eigenvalue weighted by atomic mass is 16.5. The number of esters is 1. The molecule has 0 N–H and O–H groups in total. The van der Waals surface area contributed by atoms with Crippen molar-refractivity contribution in [1.29, 1.82) is 5.26 Å². The van der Waals surface area contributed by atoms with Gasteiger partial charge in [-0.15, -0.1) is 0 Å². The molecule has 0 heterocycles. The highest BCUT2D eigenvalue weighted by Crippen LogP contribution is 2.34. The van der Waals surface area contributed by atoms with E-state index in [0.29, 0.717) is 5.92 Å². The van der Waals surface area contributed by atoms with Gasteiger partial charge in [0, 0.05) is 6.08 Å². The lowest BCUT2D eigenvalue weighted by Gasteiger charge is -2.31. The largest absolute Gasteiger partial charge is 0.462 e. The first-order valence-electron chi connectivity index (χ1n) is 11.0. The molecular formula is C23H37NO2. The third-order valence-electron chi connectivity index (χ3n) is 6.41. The van der Waals surface area contributed by atoms with E-state index in [1.54, 1.807) is 6.08 Å². The first kappa shape index (κ1) is 21.0. The monoisotopic (exact) mass is 359 g/mol. The first-order chi connectivity index (χ1) is 12.7. The fraction of sp³-hybridized carbons (Fsp3) is 0.826. The zero-order chi connectivity index (χ0) is 18.6. The van der Waals surface area contributed by atoms with Gasteiger partial charge in [0.1, 0.15) is 6.10 Å². The molecule has 2 aliphatic carbocycles. The Hall–Kier alpha value is -1.30. The maximum atomic E-state index is 12.5. The number of ether oxygens (including phenoxy) is 1. The van der Waals surface area contributed by atoms with Crippen LogP contribution in [0.25, 0.3) is 0 Å². The summed E-state index contributed by atoms with van der Waals surface area (Å²) in [4.78, 5) is 12.5. The van der Waals surface area contributed by atoms with Gasteiger partial charge < -0.3 is 4.74 Å². The van der Waals surface area contributed by atoms with Gasteiger partial charge in [0.25, 0.3) is 0 Å². The highest BCUT2D eigenvalue weighted by Gasteiger charge is 2.30. The molecule has 0 aliphatic heterocycles. The van der Waals surface area contributed by atoms with Crippen molar-refractivity contribution >= 4 is 5.97 Å². The summed E-state index contributed by atoms with van der Waals surface area (Å²) >= 11 is 0. The third kappa shape index (κ3) is 7.52. The molecule has 2 aliphatic rings. The van der Waals surface area contributed by atoms with Crippen LogP contribution in [0.2, 0.25) is 0 Å². The number of carbonyl (C=O) groups is 1. The summed E-state index contributed by atoms with van der Waals surface area (Å²) in [6, 6.07) is 2.04. The minimum atomic E-state index is 0.0715. The predicted molar refractivity (Wildman–Crippen MR) is 105 cm³/mol. The molecule has 3 heteroatoms. The summed E-state index contributed by atoms with van der Waals surface area (Å²) in [7, 11) is 0. The molecule has 0 atom stereocenters. The van der Waals surface area contributed by atoms with Gasteiger partial charge in [-0.1, -0.05) is 38.7 Å². The van der Waals surface area contributed by atoms with Crippen LogP contribution in [0.3, 0.4) is 0 Å². The molecule has 2 fully saturated rings. The Morgan fingerprint density at radius 2 is 1.65 bits per heavy atom. The van der Waals surface area contributed by atoms with Crippen molar-refractivity contribution in [2.75, 3.05) is 0 Å². The van der Waals surface area contributed by atoms with Gasteiger partial charge in [0.2, 0.25) is 0 Å². The van der Waals surface area contributed by atoms with Crippen molar-refractivity contribution in [1.82, 2.24) is 0 Å². The molecular weight excluding hydrogens is 322 g/mol. The van der Waals surface area contributed by atoms with Gasteiger partial charge >= 0.3 is 5.97 Å². The average Bonchev–Trinajstić information content (AvgIpc) is 2.67. The lowest BCUT2D eigenvalue weighted by Crippen LogP contribution is -2.30. The van der Waals surface area contributed by atoms with E-state index in [9.17, 15) is 4.79 Å². The summed E-state index contributed by atoms with van der Waals surface area (Å²) in [6.45, 7) is 2.26. The number of hydrogen-bond acceptors (Lipinski definition) is 3. The van der Waals surface area contributed by atoms with E-state index in [-0.39, 0.29) is 18.0 Å². The van der Waals surface area contributed by atoms with E-state index in [1.165, 1.54) is 38.5 Å². The Kier molecular flexibility index (Phi) is 9.82. The molecule has 26 heavy (non-hydrogen) atoms. The van der Waals surface area contributed by atoms with Crippen LogP contribution >= 0.6 is 0 Å². The lowest BCUT2D eigenvalue weighted by atomic mass is 9.80. The van der Waals surface area contributed by atoms with E-state index in [4.69, 9.17) is 10.00 Å². The number of nitrogens with zero attached hydrogens (tertiary/aromatic N) is 1. The van der Waals surface area contributed by atoms with Gasteiger partial charge in [0.15, 0.2) is 0 Å². The molecule has 146 valence electrons. The second-order valence-corrected chi connectivity index (χ2v) is 8.40. The molecule has 0 unspecified atom stereocenters. The van der Waals surface area contributed by atoms with Crippen LogP contribution in [0.4, 0.5) is 0 Å². The number of allylic oxidation sites excluding steroid dienone is 2. The number of hydrogen-bond donors (Lipinski definition) is 0. The van der Waals surface area contributed by atoms with Gasteiger partial charge in [-0.25, -0.2) is 0 Å². The zero-order valence-electron chi connectivity index (χ0n) is 16.6. The third-order valence-corrected chi connectivity index (χ3v) is 6.41. The van der Waals surface area contributed by atoms with Gasteiger partial charge in [-0.3, -0.25) is 4.79 Å². The van der Waals surface area contributed by atoms with Crippen molar-refractivity contribution in [2.45, 2.75) is 103 Å². The fourth-order valence-corrected chi connectivity index (χ4v) is 4.64. The Bertz CT molecular complexity index is 463. The lowest BCUT2D eigenvalue weighted by molar-refractivity contribution is -0.157. The zero-order valence-corrected chi connectivity index (χ0v) is 16.6. The summed E-state index contributed by atoms with van der Waals surface area (Å²) in [5, 5.41) is 8.51. The molecule has 0 aromatic carbocycles. The van der Waals surface area contributed by atoms with E-state index in [1.807, 2.05) is 12.1 Å². The summed E-state index contributed by atoms with van der Waals surface area (Å²) in [6.07, 6.45) is 20.1. The Morgan fingerprint density at radius 3 is 2.31 bits per heavy atom. The quantitative estimate of drug-likeness (QED) is 0.274. The van der Waals surface area contributed by atoms with Crippen LogP contribution in [-0.4, -0.2) is 12.1 Å². The molecule has 3 nitrogen and oxygen atoms in total. The van der Waals surface area contributed by atoms with E-state index >= 15 is 0 Å². The Balaban J connectivity index is 1.59. The van der Waals surface area contributed by atoms with Crippen molar-refractivity contribution < 1.29 is 9.53 Å². The number of carbonyl (C=O) groups excluding carboxylic acids is 1. The fourth-order valence-electron chi connectivity index (χ4n) is 4.64. The SMILES string of the molecule is CCCCCC1CCC(OC(=O)C2CCC(CCC=CC#N)CC2)CC1. The topological polar surface area (TPSA) is 50.1 Å². The van der Waals surface area contributed by atoms with Crippen LogP contribution in [-0.2, 0) is 9.53 Å². The normalized spacial score (nSPS) is 29.4. The van der Waals surface area contributed by atoms with Crippen LogP contribution in [0, 0.1) is 29.1 Å². The standard InChI is InChI=1S/C23H37NO2/c1-2-3-5-8-20-12-16-22(17-13-20)26-23(25)21-14-10-19(11-15-21)9-6-4-7-18-24/h4,7,19-22H,2-3,5-6,8-17H2,1H3. The predicted octanol–water partition coefficient (Wildman–Crippen LogP) is 6.34. The number of unbranched alkanes of at least 4 members (excludes halogenated alkanes) is 2. The summed E-state index contributed by atoms with van der Waals surface area (Å²) in [5.41, 5.74) is 0. The smallest absolute Gasteiger partial charge is 0.309 e. The average molecular weight is 360 g/mol. The molecule has 0 aromatic rings. The van der Waals surface area contributed by atoms with Crippen LogP contribution in [0.1, 0.15) is 96.8 Å². The van der Waals surface area contributed by atoms with Crippen molar-refractivity contribution in [3.8, 4) is 6.07 Å². The molecule has 0 spiro atoms. The van der Waals surface area contributed by atoms with Gasteiger partial charge in [-0.2, -0.15) is 5.26 Å². The van der Waals surface area contributed by atoms with Crippen LogP contribution in [0.5, 0.6) is 0 Å². The first-order valence-corrected chi connectivity index (χ1v) is 11.0. The maximum Gasteiger partial charge on any atom is 0.309 e. The van der Waals surface area contributed by atoms with Gasteiger partial charge in [0.05, 0.1) is 12.0 Å². The molecule has 0 radical (unpaired) electrons. The summed E-state index contributed by atoms with van der Waals surface area (Å²) < 4.78 is 5.87. The Labute approximate surface area is 160 Å². The van der Waals surface area contributed by atoms with E-state index < -0.39 is 0 Å². The second-order valence-electron chi connectivity index (χ2n) is 8.40. The van der Waals surface area contributed by atoms with Crippen LogP contribution in [0.15, 0.2) is 12.2 Å². The highest BCUT2D eigenvalue weighted by molar-refractivity contribution is 5.72. The number of rotatable bonds is 9. The van der Waals surface area contributed by atoms with E-state index in [0.717, 1.165) is 57.3 Å². The molecule has 0 amide bonds. The molecule has 0 aromatic heterocycles. The maximum absolute atomic E-state index is 12.5. The van der Waals surface area contributed by atoms with E-state index in [2.05, 4.69) is 6.92 Å². The summed E-state index contributed by atoms with van der Waals surface area (Å²) in [5.74, 6) is 1.77. The minimum absolute atomic E-state index is 0.0715. The van der Waals surface area contributed by atoms with Crippen LogP contribution < -0.4 is 0 Å². The minimum Gasteiger partial charge on any atom is -0.462 e. The molecule has 0 bridgehead atoms. The van der Waals surface area contributed by atoms with Crippen molar-refractivity contribution in [2.24, 2.45) is 17.8 Å². The molecule has 0 saturated heterocycles. The Morgan fingerprint density at radius 1 is 1.00 bits per heavy atom. The number of nitriles is 1. The molecule has 2 rings (SSSR count). The molecule has 2 saturated carbocycles. The van der Waals surface area contributed by atoms with Gasteiger partial charge in [-0.05, 0) is 76.0 Å². The van der Waals surface area contributed by atoms with Crippen molar-refractivity contribution in [3.63, 3.8) is 0 Å². The second kappa shape index (κ2) is 12.2.